The van der Waals surface area contributed by atoms with Gasteiger partial charge in [-0.2, -0.15) is 13.2 Å². The summed E-state index contributed by atoms with van der Waals surface area (Å²) in [5, 5.41) is 10.9. The minimum absolute atomic E-state index is 0.0148. The van der Waals surface area contributed by atoms with Crippen LogP contribution in [0.5, 0.6) is 5.88 Å². The van der Waals surface area contributed by atoms with Crippen molar-refractivity contribution in [1.29, 1.82) is 0 Å². The van der Waals surface area contributed by atoms with Crippen molar-refractivity contribution in [2.24, 2.45) is 5.92 Å². The van der Waals surface area contributed by atoms with Gasteiger partial charge in [-0.1, -0.05) is 0 Å². The maximum absolute atomic E-state index is 12.8. The van der Waals surface area contributed by atoms with Crippen LogP contribution in [0.2, 0.25) is 0 Å². The van der Waals surface area contributed by atoms with Crippen LogP contribution in [0.25, 0.3) is 0 Å². The second kappa shape index (κ2) is 7.02. The standard InChI is InChI=1S/C14H16F3N3O4/c1-9-5-11(20(22)23)13(18-6-9)24-8-12(21)19-4-2-3-10(7-19)14(15,16)17/h5-6,10H,2-4,7-8H2,1H3. The molecule has 1 amide bonds. The molecule has 1 atom stereocenters. The number of hydrogen-bond donors (Lipinski definition) is 0. The molecule has 2 heterocycles. The molecule has 0 radical (unpaired) electrons. The smallest absolute Gasteiger partial charge is 0.393 e. The molecule has 0 aromatic carbocycles. The largest absolute Gasteiger partial charge is 0.463 e. The number of amides is 1. The van der Waals surface area contributed by atoms with E-state index in [-0.39, 0.29) is 25.3 Å². The molecular weight excluding hydrogens is 331 g/mol. The lowest BCUT2D eigenvalue weighted by Crippen LogP contribution is -2.46. The van der Waals surface area contributed by atoms with Crippen LogP contribution in [0.15, 0.2) is 12.3 Å². The second-order valence-electron chi connectivity index (χ2n) is 5.60. The maximum Gasteiger partial charge on any atom is 0.393 e. The molecule has 1 fully saturated rings. The number of rotatable bonds is 4. The summed E-state index contributed by atoms with van der Waals surface area (Å²) in [6.45, 7) is 0.800. The maximum atomic E-state index is 12.8. The summed E-state index contributed by atoms with van der Waals surface area (Å²) in [5.74, 6) is -2.54. The molecule has 1 aliphatic rings. The molecule has 132 valence electrons. The zero-order valence-electron chi connectivity index (χ0n) is 12.9. The lowest BCUT2D eigenvalue weighted by molar-refractivity contribution is -0.386. The van der Waals surface area contributed by atoms with E-state index < -0.39 is 41.8 Å². The SMILES string of the molecule is Cc1cnc(OCC(=O)N2CCCC(C(F)(F)F)C2)c([N+](=O)[O-])c1. The van der Waals surface area contributed by atoms with Crippen molar-refractivity contribution in [3.63, 3.8) is 0 Å². The Morgan fingerprint density at radius 1 is 1.54 bits per heavy atom. The van der Waals surface area contributed by atoms with Gasteiger partial charge in [0.15, 0.2) is 6.61 Å². The summed E-state index contributed by atoms with van der Waals surface area (Å²) < 4.78 is 43.3. The molecule has 10 heteroatoms. The predicted octanol–water partition coefficient (Wildman–Crippen LogP) is 2.48. The molecule has 1 aromatic rings. The molecule has 0 aliphatic carbocycles. The van der Waals surface area contributed by atoms with Gasteiger partial charge in [0.05, 0.1) is 10.8 Å². The Morgan fingerprint density at radius 3 is 2.88 bits per heavy atom. The highest BCUT2D eigenvalue weighted by atomic mass is 19.4. The highest BCUT2D eigenvalue weighted by Crippen LogP contribution is 2.33. The van der Waals surface area contributed by atoms with Crippen LogP contribution < -0.4 is 4.74 Å². The van der Waals surface area contributed by atoms with E-state index in [1.54, 1.807) is 6.92 Å². The normalized spacial score (nSPS) is 18.3. The molecular formula is C14H16F3N3O4. The molecule has 1 saturated heterocycles. The van der Waals surface area contributed by atoms with E-state index in [2.05, 4.69) is 4.98 Å². The number of pyridine rings is 1. The lowest BCUT2D eigenvalue weighted by Gasteiger charge is -2.33. The van der Waals surface area contributed by atoms with Crippen LogP contribution in [-0.4, -0.2) is 46.6 Å². The van der Waals surface area contributed by atoms with Crippen molar-refractivity contribution in [2.45, 2.75) is 25.9 Å². The molecule has 1 unspecified atom stereocenters. The highest BCUT2D eigenvalue weighted by molar-refractivity contribution is 5.78. The fourth-order valence-electron chi connectivity index (χ4n) is 2.48. The zero-order valence-corrected chi connectivity index (χ0v) is 12.9. The molecule has 1 aromatic heterocycles. The fourth-order valence-corrected chi connectivity index (χ4v) is 2.48. The van der Waals surface area contributed by atoms with Crippen LogP contribution in [0, 0.1) is 23.0 Å². The summed E-state index contributed by atoms with van der Waals surface area (Å²) >= 11 is 0. The topological polar surface area (TPSA) is 85.6 Å². The van der Waals surface area contributed by atoms with Crippen molar-refractivity contribution in [3.05, 3.63) is 27.9 Å². The monoisotopic (exact) mass is 347 g/mol. The molecule has 2 rings (SSSR count). The lowest BCUT2D eigenvalue weighted by atomic mass is 9.97. The Kier molecular flexibility index (Phi) is 5.25. The summed E-state index contributed by atoms with van der Waals surface area (Å²) in [4.78, 5) is 27.1. The van der Waals surface area contributed by atoms with E-state index in [1.165, 1.54) is 12.3 Å². The number of carbonyl (C=O) groups excluding carboxylic acids is 1. The second-order valence-corrected chi connectivity index (χ2v) is 5.60. The number of nitro groups is 1. The Bertz CT molecular complexity index is 636. The van der Waals surface area contributed by atoms with Crippen molar-refractivity contribution < 1.29 is 27.6 Å². The quantitative estimate of drug-likeness (QED) is 0.617. The first-order valence-corrected chi connectivity index (χ1v) is 7.27. The first-order valence-electron chi connectivity index (χ1n) is 7.27. The third-order valence-electron chi connectivity index (χ3n) is 3.74. The highest BCUT2D eigenvalue weighted by Gasteiger charge is 2.42. The van der Waals surface area contributed by atoms with Gasteiger partial charge in [-0.15, -0.1) is 0 Å². The van der Waals surface area contributed by atoms with Gasteiger partial charge >= 0.3 is 11.9 Å². The van der Waals surface area contributed by atoms with E-state index in [0.717, 1.165) is 4.90 Å². The van der Waals surface area contributed by atoms with Gasteiger partial charge in [0, 0.05) is 25.4 Å². The van der Waals surface area contributed by atoms with Crippen molar-refractivity contribution in [3.8, 4) is 5.88 Å². The number of hydrogen-bond acceptors (Lipinski definition) is 5. The molecule has 0 saturated carbocycles. The molecule has 0 N–H and O–H groups in total. The zero-order chi connectivity index (χ0) is 17.9. The van der Waals surface area contributed by atoms with Crippen LogP contribution in [0.1, 0.15) is 18.4 Å². The van der Waals surface area contributed by atoms with Crippen LogP contribution >= 0.6 is 0 Å². The third-order valence-corrected chi connectivity index (χ3v) is 3.74. The van der Waals surface area contributed by atoms with Crippen molar-refractivity contribution in [1.82, 2.24) is 9.88 Å². The number of carbonyl (C=O) groups is 1. The van der Waals surface area contributed by atoms with Crippen LogP contribution in [0.3, 0.4) is 0 Å². The van der Waals surface area contributed by atoms with Crippen molar-refractivity contribution in [2.75, 3.05) is 19.7 Å². The van der Waals surface area contributed by atoms with Gasteiger partial charge in [-0.05, 0) is 25.3 Å². The molecule has 1 aliphatic heterocycles. The van der Waals surface area contributed by atoms with Gasteiger partial charge < -0.3 is 9.64 Å². The minimum Gasteiger partial charge on any atom is -0.463 e. The molecule has 24 heavy (non-hydrogen) atoms. The Morgan fingerprint density at radius 2 is 2.25 bits per heavy atom. The average Bonchev–Trinajstić information content (AvgIpc) is 2.52. The Balaban J connectivity index is 2.00. The first kappa shape index (κ1) is 18.0. The predicted molar refractivity (Wildman–Crippen MR) is 76.5 cm³/mol. The number of aryl methyl sites for hydroxylation is 1. The van der Waals surface area contributed by atoms with Gasteiger partial charge in [-0.25, -0.2) is 4.98 Å². The van der Waals surface area contributed by atoms with E-state index in [0.29, 0.717) is 5.56 Å². The van der Waals surface area contributed by atoms with Gasteiger partial charge in [0.2, 0.25) is 0 Å². The average molecular weight is 347 g/mol. The summed E-state index contributed by atoms with van der Waals surface area (Å²) in [5.41, 5.74) is 0.152. The van der Waals surface area contributed by atoms with Crippen LogP contribution in [0.4, 0.5) is 18.9 Å². The fraction of sp³-hybridized carbons (Fsp3) is 0.571. The van der Waals surface area contributed by atoms with E-state index >= 15 is 0 Å². The Labute approximate surface area is 135 Å². The minimum atomic E-state index is -4.35. The van der Waals surface area contributed by atoms with Crippen molar-refractivity contribution >= 4 is 11.6 Å². The van der Waals surface area contributed by atoms with E-state index in [4.69, 9.17) is 4.74 Å². The number of piperidine rings is 1. The summed E-state index contributed by atoms with van der Waals surface area (Å²) in [6, 6.07) is 1.24. The summed E-state index contributed by atoms with van der Waals surface area (Å²) in [6.07, 6.45) is -2.78. The molecule has 7 nitrogen and oxygen atoms in total. The number of ether oxygens (including phenoxy) is 1. The van der Waals surface area contributed by atoms with Gasteiger partial charge in [0.25, 0.3) is 11.8 Å². The van der Waals surface area contributed by atoms with Gasteiger partial charge in [0.1, 0.15) is 0 Å². The number of aromatic nitrogens is 1. The van der Waals surface area contributed by atoms with Gasteiger partial charge in [-0.3, -0.25) is 14.9 Å². The third kappa shape index (κ3) is 4.33. The summed E-state index contributed by atoms with van der Waals surface area (Å²) in [7, 11) is 0. The van der Waals surface area contributed by atoms with E-state index in [1.807, 2.05) is 0 Å². The van der Waals surface area contributed by atoms with E-state index in [9.17, 15) is 28.1 Å². The van der Waals surface area contributed by atoms with Crippen LogP contribution in [-0.2, 0) is 4.79 Å². The number of alkyl halides is 3. The molecule has 0 spiro atoms. The number of likely N-dealkylation sites (tertiary alicyclic amines) is 1. The first-order chi connectivity index (χ1) is 11.2. The number of halogens is 3. The number of nitrogens with zero attached hydrogens (tertiary/aromatic N) is 3. The molecule has 0 bridgehead atoms. The Hall–Kier alpha value is -2.39.